The van der Waals surface area contributed by atoms with Crippen molar-refractivity contribution in [2.24, 2.45) is 10.7 Å². The van der Waals surface area contributed by atoms with Gasteiger partial charge in [-0.15, -0.1) is 0 Å². The molecule has 11 heteroatoms. The molecule has 1 aliphatic heterocycles. The molecule has 11 nitrogen and oxygen atoms in total. The molecule has 0 saturated heterocycles. The van der Waals surface area contributed by atoms with Gasteiger partial charge in [0, 0.05) is 6.54 Å². The normalized spacial score (nSPS) is 15.0. The van der Waals surface area contributed by atoms with Gasteiger partial charge in [-0.3, -0.25) is 14.5 Å². The lowest BCUT2D eigenvalue weighted by Gasteiger charge is -2.22. The molecule has 1 aromatic carbocycles. The number of hydrogen-bond acceptors (Lipinski definition) is 6. The number of carbonyl (C=O) groups excluding carboxylic acids is 2. The third kappa shape index (κ3) is 3.88. The number of nitrogens with one attached hydrogen (secondary N) is 1. The Labute approximate surface area is 141 Å². The van der Waals surface area contributed by atoms with Gasteiger partial charge >= 0.3 is 5.97 Å². The second kappa shape index (κ2) is 7.38. The summed E-state index contributed by atoms with van der Waals surface area (Å²) in [4.78, 5) is 50.7. The van der Waals surface area contributed by atoms with E-state index in [1.807, 2.05) is 0 Å². The summed E-state index contributed by atoms with van der Waals surface area (Å²) >= 11 is 0. The van der Waals surface area contributed by atoms with Gasteiger partial charge in [-0.2, -0.15) is 0 Å². The average Bonchev–Trinajstić information content (AvgIpc) is 2.79. The van der Waals surface area contributed by atoms with E-state index >= 15 is 0 Å². The fraction of sp³-hybridized carbons (Fsp3) is 0.286. The van der Waals surface area contributed by atoms with Crippen LogP contribution in [0, 0.1) is 10.1 Å². The quantitative estimate of drug-likeness (QED) is 0.149. The molecule has 0 bridgehead atoms. The van der Waals surface area contributed by atoms with Gasteiger partial charge in [0.05, 0.1) is 11.1 Å². The standard InChI is InChI=1S/C14H15N5O6/c15-14(17-19(24)25)16-7-3-6-10(13(22)23)18-11(20)8-4-1-2-5-9(8)12(18)21/h1-2,4-5,10H,3,6-7H2,(H,22,23)(H3,15,16,17)/t10-/m0/s1. The highest BCUT2D eigenvalue weighted by atomic mass is 16.7. The van der Waals surface area contributed by atoms with Crippen molar-refractivity contribution in [3.05, 3.63) is 45.5 Å². The zero-order valence-corrected chi connectivity index (χ0v) is 12.9. The first-order valence-electron chi connectivity index (χ1n) is 7.23. The second-order valence-corrected chi connectivity index (χ2v) is 5.16. The number of fused-ring (bicyclic) bond motifs is 1. The number of benzene rings is 1. The first-order chi connectivity index (χ1) is 11.8. The van der Waals surface area contributed by atoms with E-state index in [1.54, 1.807) is 17.6 Å². The number of imide groups is 1. The lowest BCUT2D eigenvalue weighted by atomic mass is 10.1. The van der Waals surface area contributed by atoms with Gasteiger partial charge in [-0.1, -0.05) is 17.6 Å². The number of nitrogens with two attached hydrogens (primary N) is 1. The Kier molecular flexibility index (Phi) is 5.27. The predicted molar refractivity (Wildman–Crippen MR) is 84.2 cm³/mol. The second-order valence-electron chi connectivity index (χ2n) is 5.16. The van der Waals surface area contributed by atoms with Crippen molar-refractivity contribution in [2.75, 3.05) is 6.54 Å². The summed E-state index contributed by atoms with van der Waals surface area (Å²) in [5, 5.41) is 18.7. The number of carboxylic acid groups (broad SMARTS) is 1. The van der Waals surface area contributed by atoms with E-state index in [2.05, 4.69) is 4.99 Å². The van der Waals surface area contributed by atoms with E-state index in [9.17, 15) is 29.6 Å². The van der Waals surface area contributed by atoms with Crippen LogP contribution in [0.5, 0.6) is 0 Å². The van der Waals surface area contributed by atoms with E-state index in [0.29, 0.717) is 0 Å². The highest BCUT2D eigenvalue weighted by Crippen LogP contribution is 2.26. The Morgan fingerprint density at radius 1 is 1.32 bits per heavy atom. The maximum Gasteiger partial charge on any atom is 0.326 e. The monoisotopic (exact) mass is 349 g/mol. The third-order valence-electron chi connectivity index (χ3n) is 3.55. The van der Waals surface area contributed by atoms with Crippen molar-refractivity contribution in [3.8, 4) is 0 Å². The molecule has 0 unspecified atom stereocenters. The number of nitrogens with zero attached hydrogens (tertiary/aromatic N) is 3. The van der Waals surface area contributed by atoms with Crippen LogP contribution < -0.4 is 11.2 Å². The van der Waals surface area contributed by atoms with Gasteiger partial charge in [0.2, 0.25) is 0 Å². The molecule has 2 amide bonds. The zero-order valence-electron chi connectivity index (χ0n) is 12.9. The summed E-state index contributed by atoms with van der Waals surface area (Å²) in [7, 11) is 0. The lowest BCUT2D eigenvalue weighted by Crippen LogP contribution is -2.45. The van der Waals surface area contributed by atoms with Crippen LogP contribution in [-0.2, 0) is 4.79 Å². The number of carboxylic acids is 1. The Hall–Kier alpha value is -3.50. The average molecular weight is 349 g/mol. The van der Waals surface area contributed by atoms with Crippen molar-refractivity contribution in [2.45, 2.75) is 18.9 Å². The molecule has 0 fully saturated rings. The Bertz CT molecular complexity index is 727. The topological polar surface area (TPSA) is 168 Å². The van der Waals surface area contributed by atoms with Crippen molar-refractivity contribution in [3.63, 3.8) is 0 Å². The molecule has 1 atom stereocenters. The number of carbonyl (C=O) groups is 3. The number of nitro groups is 1. The lowest BCUT2D eigenvalue weighted by molar-refractivity contribution is -0.525. The van der Waals surface area contributed by atoms with Crippen molar-refractivity contribution in [1.82, 2.24) is 10.3 Å². The summed E-state index contributed by atoms with van der Waals surface area (Å²) in [6, 6.07) is 4.74. The maximum atomic E-state index is 12.3. The predicted octanol–water partition coefficient (Wildman–Crippen LogP) is -0.388. The molecule has 1 aliphatic rings. The number of amides is 2. The van der Waals surface area contributed by atoms with Crippen LogP contribution in [0.1, 0.15) is 33.6 Å². The van der Waals surface area contributed by atoms with Crippen LogP contribution in [0.15, 0.2) is 29.3 Å². The Morgan fingerprint density at radius 3 is 2.36 bits per heavy atom. The van der Waals surface area contributed by atoms with E-state index < -0.39 is 34.8 Å². The van der Waals surface area contributed by atoms with Crippen LogP contribution in [0.25, 0.3) is 0 Å². The number of hydrazine groups is 1. The van der Waals surface area contributed by atoms with Crippen LogP contribution in [0.4, 0.5) is 0 Å². The summed E-state index contributed by atoms with van der Waals surface area (Å²) in [5.41, 5.74) is 7.21. The highest BCUT2D eigenvalue weighted by Gasteiger charge is 2.42. The molecule has 1 aromatic rings. The molecule has 0 radical (unpaired) electrons. The van der Waals surface area contributed by atoms with Crippen LogP contribution in [0.3, 0.4) is 0 Å². The molecule has 4 N–H and O–H groups in total. The summed E-state index contributed by atoms with van der Waals surface area (Å²) in [5.74, 6) is -3.07. The minimum absolute atomic E-state index is 0.000374. The van der Waals surface area contributed by atoms with E-state index in [4.69, 9.17) is 5.73 Å². The maximum absolute atomic E-state index is 12.3. The van der Waals surface area contributed by atoms with E-state index in [1.165, 1.54) is 12.1 Å². The third-order valence-corrected chi connectivity index (χ3v) is 3.55. The number of hydrogen-bond donors (Lipinski definition) is 3. The molecule has 0 aromatic heterocycles. The fourth-order valence-corrected chi connectivity index (χ4v) is 2.47. The summed E-state index contributed by atoms with van der Waals surface area (Å²) < 4.78 is 0. The zero-order chi connectivity index (χ0) is 18.6. The van der Waals surface area contributed by atoms with Crippen LogP contribution in [-0.4, -0.2) is 51.4 Å². The summed E-state index contributed by atoms with van der Waals surface area (Å²) in [6.45, 7) is -0.000374. The van der Waals surface area contributed by atoms with Gasteiger partial charge < -0.3 is 10.8 Å². The number of aliphatic carboxylic acids is 1. The first-order valence-corrected chi connectivity index (χ1v) is 7.23. The molecule has 132 valence electrons. The molecule has 25 heavy (non-hydrogen) atoms. The van der Waals surface area contributed by atoms with E-state index in [0.717, 1.165) is 4.90 Å². The largest absolute Gasteiger partial charge is 0.480 e. The van der Waals surface area contributed by atoms with Gasteiger partial charge in [0.15, 0.2) is 5.03 Å². The highest BCUT2D eigenvalue weighted by molar-refractivity contribution is 6.22. The molecule has 2 rings (SSSR count). The van der Waals surface area contributed by atoms with E-state index in [-0.39, 0.29) is 30.5 Å². The van der Waals surface area contributed by atoms with Gasteiger partial charge in [-0.05, 0) is 25.0 Å². The van der Waals surface area contributed by atoms with Crippen LogP contribution >= 0.6 is 0 Å². The number of aliphatic imine (C=N–C) groups is 1. The first kappa shape index (κ1) is 17.8. The smallest absolute Gasteiger partial charge is 0.326 e. The van der Waals surface area contributed by atoms with Crippen LogP contribution in [0.2, 0.25) is 0 Å². The minimum Gasteiger partial charge on any atom is -0.480 e. The SMILES string of the molecule is NC(=NCCC[C@@H](C(=O)O)N1C(=O)c2ccccc2C1=O)N[N+](=O)[O-]. The Morgan fingerprint density at radius 2 is 1.88 bits per heavy atom. The molecular weight excluding hydrogens is 334 g/mol. The molecule has 0 aliphatic carbocycles. The van der Waals surface area contributed by atoms with Gasteiger partial charge in [0.1, 0.15) is 6.04 Å². The minimum atomic E-state index is -1.35. The van der Waals surface area contributed by atoms with Gasteiger partial charge in [-0.25, -0.2) is 19.9 Å². The van der Waals surface area contributed by atoms with Crippen molar-refractivity contribution in [1.29, 1.82) is 0 Å². The van der Waals surface area contributed by atoms with Crippen molar-refractivity contribution < 1.29 is 24.5 Å². The van der Waals surface area contributed by atoms with Crippen molar-refractivity contribution >= 4 is 23.7 Å². The summed E-state index contributed by atoms with van der Waals surface area (Å²) in [6.07, 6.45) is 0.0977. The molecule has 0 spiro atoms. The van der Waals surface area contributed by atoms with Gasteiger partial charge in [0.25, 0.3) is 17.8 Å². The number of guanidine groups is 1. The fourth-order valence-electron chi connectivity index (χ4n) is 2.47. The number of rotatable bonds is 7. The Balaban J connectivity index is 2.05. The molecule has 0 saturated carbocycles. The molecular formula is C14H15N5O6. The molecule has 1 heterocycles.